The van der Waals surface area contributed by atoms with Crippen LogP contribution in [-0.2, 0) is 10.0 Å². The van der Waals surface area contributed by atoms with Gasteiger partial charge in [-0.1, -0.05) is 0 Å². The fourth-order valence-corrected chi connectivity index (χ4v) is 2.97. The van der Waals surface area contributed by atoms with Crippen LogP contribution in [-0.4, -0.2) is 34.2 Å². The molecule has 0 unspecified atom stereocenters. The van der Waals surface area contributed by atoms with E-state index in [1.165, 1.54) is 19.1 Å². The molecule has 0 aromatic heterocycles. The summed E-state index contributed by atoms with van der Waals surface area (Å²) in [7, 11) is -4.08. The molecule has 0 radical (unpaired) electrons. The third-order valence-electron chi connectivity index (χ3n) is 2.78. The summed E-state index contributed by atoms with van der Waals surface area (Å²) in [6, 6.07) is 2.73. The number of sulfonamides is 1. The van der Waals surface area contributed by atoms with Gasteiger partial charge in [-0.25, -0.2) is 21.9 Å². The van der Waals surface area contributed by atoms with Crippen molar-refractivity contribution in [2.24, 2.45) is 5.73 Å². The fraction of sp³-hybridized carbons (Fsp3) is 0.455. The summed E-state index contributed by atoms with van der Waals surface area (Å²) in [6.07, 6.45) is 0. The lowest BCUT2D eigenvalue weighted by Crippen LogP contribution is -2.41. The first-order valence-electron chi connectivity index (χ1n) is 5.73. The fourth-order valence-electron chi connectivity index (χ4n) is 1.66. The van der Waals surface area contributed by atoms with Crippen LogP contribution < -0.4 is 19.9 Å². The number of ether oxygens (including phenoxy) is 2. The van der Waals surface area contributed by atoms with Gasteiger partial charge in [0, 0.05) is 6.07 Å². The van der Waals surface area contributed by atoms with Gasteiger partial charge in [-0.2, -0.15) is 0 Å². The molecule has 112 valence electrons. The Hall–Kier alpha value is -1.45. The Balaban J connectivity index is 2.26. The van der Waals surface area contributed by atoms with Crippen molar-refractivity contribution < 1.29 is 26.7 Å². The summed E-state index contributed by atoms with van der Waals surface area (Å²) in [6.45, 7) is -0.454. The number of hydrogen-bond donors (Lipinski definition) is 2. The van der Waals surface area contributed by atoms with E-state index in [0.29, 0.717) is 11.3 Å². The molecular weight excluding hydrogens is 294 g/mol. The van der Waals surface area contributed by atoms with Gasteiger partial charge in [0.05, 0.1) is 18.0 Å². The van der Waals surface area contributed by atoms with Gasteiger partial charge < -0.3 is 15.2 Å². The van der Waals surface area contributed by atoms with Gasteiger partial charge in [0.25, 0.3) is 5.92 Å². The summed E-state index contributed by atoms with van der Waals surface area (Å²) < 4.78 is 62.1. The molecule has 0 amide bonds. The second-order valence-electron chi connectivity index (χ2n) is 4.36. The number of nitrogens with one attached hydrogen (secondary N) is 1. The van der Waals surface area contributed by atoms with E-state index in [-0.39, 0.29) is 17.4 Å². The van der Waals surface area contributed by atoms with Gasteiger partial charge in [0.2, 0.25) is 16.8 Å². The molecule has 1 aliphatic rings. The van der Waals surface area contributed by atoms with Gasteiger partial charge >= 0.3 is 0 Å². The number of rotatable bonds is 5. The van der Waals surface area contributed by atoms with Crippen LogP contribution >= 0.6 is 0 Å². The molecule has 1 aliphatic heterocycles. The predicted molar refractivity (Wildman–Crippen MR) is 66.5 cm³/mol. The van der Waals surface area contributed by atoms with E-state index in [4.69, 9.17) is 15.2 Å². The van der Waals surface area contributed by atoms with Crippen molar-refractivity contribution in [3.63, 3.8) is 0 Å². The Morgan fingerprint density at radius 2 is 1.95 bits per heavy atom. The smallest absolute Gasteiger partial charge is 0.273 e. The molecule has 0 aliphatic carbocycles. The van der Waals surface area contributed by atoms with Crippen molar-refractivity contribution in [3.8, 4) is 11.5 Å². The first-order valence-corrected chi connectivity index (χ1v) is 7.21. The van der Waals surface area contributed by atoms with Crippen molar-refractivity contribution in [3.05, 3.63) is 17.7 Å². The van der Waals surface area contributed by atoms with Gasteiger partial charge in [0.15, 0.2) is 11.5 Å². The van der Waals surface area contributed by atoms with Crippen LogP contribution in [0.2, 0.25) is 0 Å². The minimum Gasteiger partial charge on any atom is -0.454 e. The second-order valence-corrected chi connectivity index (χ2v) is 6.09. The van der Waals surface area contributed by atoms with Crippen molar-refractivity contribution in [1.29, 1.82) is 0 Å². The largest absolute Gasteiger partial charge is 0.454 e. The topological polar surface area (TPSA) is 90.7 Å². The predicted octanol–water partition coefficient (Wildman–Crippen LogP) is 0.596. The molecule has 0 fully saturated rings. The molecule has 3 N–H and O–H groups in total. The number of hydrogen-bond acceptors (Lipinski definition) is 5. The Kier molecular flexibility index (Phi) is 3.85. The van der Waals surface area contributed by atoms with Gasteiger partial charge in [0.1, 0.15) is 0 Å². The third kappa shape index (κ3) is 3.00. The molecule has 0 spiro atoms. The molecule has 1 aromatic rings. The average molecular weight is 308 g/mol. The van der Waals surface area contributed by atoms with E-state index in [2.05, 4.69) is 0 Å². The molecule has 9 heteroatoms. The van der Waals surface area contributed by atoms with Crippen molar-refractivity contribution in [2.45, 2.75) is 17.7 Å². The van der Waals surface area contributed by atoms with Crippen LogP contribution in [0, 0.1) is 6.92 Å². The average Bonchev–Trinajstić information content (AvgIpc) is 2.83. The maximum Gasteiger partial charge on any atom is 0.273 e. The molecule has 20 heavy (non-hydrogen) atoms. The molecule has 6 nitrogen and oxygen atoms in total. The zero-order chi connectivity index (χ0) is 15.0. The number of halogens is 2. The minimum atomic E-state index is -4.08. The summed E-state index contributed by atoms with van der Waals surface area (Å²) in [5.74, 6) is -2.60. The van der Waals surface area contributed by atoms with Crippen LogP contribution in [0.5, 0.6) is 11.5 Å². The number of fused-ring (bicyclic) bond motifs is 1. The van der Waals surface area contributed by atoms with E-state index >= 15 is 0 Å². The number of nitrogens with two attached hydrogens (primary N) is 1. The van der Waals surface area contributed by atoms with E-state index in [1.807, 2.05) is 4.72 Å². The number of aryl methyl sites for hydroxylation is 1. The van der Waals surface area contributed by atoms with E-state index in [1.54, 1.807) is 0 Å². The number of alkyl halides is 2. The van der Waals surface area contributed by atoms with E-state index < -0.39 is 29.0 Å². The first-order chi connectivity index (χ1) is 9.25. The van der Waals surface area contributed by atoms with Crippen LogP contribution in [0.1, 0.15) is 5.56 Å². The molecule has 0 saturated heterocycles. The van der Waals surface area contributed by atoms with Crippen LogP contribution in [0.25, 0.3) is 0 Å². The lowest BCUT2D eigenvalue weighted by Gasteiger charge is -2.15. The highest BCUT2D eigenvalue weighted by Crippen LogP contribution is 2.36. The zero-order valence-electron chi connectivity index (χ0n) is 10.7. The summed E-state index contributed by atoms with van der Waals surface area (Å²) in [5.41, 5.74) is 5.23. The number of benzene rings is 1. The summed E-state index contributed by atoms with van der Waals surface area (Å²) >= 11 is 0. The Morgan fingerprint density at radius 1 is 1.35 bits per heavy atom. The van der Waals surface area contributed by atoms with Crippen LogP contribution in [0.15, 0.2) is 17.0 Å². The summed E-state index contributed by atoms with van der Waals surface area (Å²) in [4.78, 5) is -0.130. The van der Waals surface area contributed by atoms with Crippen molar-refractivity contribution >= 4 is 10.0 Å². The highest BCUT2D eigenvalue weighted by atomic mass is 32.2. The minimum absolute atomic E-state index is 0.00303. The lowest BCUT2D eigenvalue weighted by molar-refractivity contribution is 0.0170. The van der Waals surface area contributed by atoms with E-state index in [9.17, 15) is 17.2 Å². The highest BCUT2D eigenvalue weighted by Gasteiger charge is 2.30. The van der Waals surface area contributed by atoms with Gasteiger partial charge in [-0.15, -0.1) is 0 Å². The SMILES string of the molecule is Cc1cc2c(cc1S(=O)(=O)NCC(F)(F)CN)OCO2. The molecule has 0 saturated carbocycles. The zero-order valence-corrected chi connectivity index (χ0v) is 11.5. The van der Waals surface area contributed by atoms with Crippen LogP contribution in [0.4, 0.5) is 8.78 Å². The molecule has 0 bridgehead atoms. The summed E-state index contributed by atoms with van der Waals surface area (Å²) in [5, 5.41) is 0. The monoisotopic (exact) mass is 308 g/mol. The third-order valence-corrected chi connectivity index (χ3v) is 4.32. The molecule has 0 atom stereocenters. The van der Waals surface area contributed by atoms with Crippen LogP contribution in [0.3, 0.4) is 0 Å². The molecule has 2 rings (SSSR count). The quantitative estimate of drug-likeness (QED) is 0.831. The highest BCUT2D eigenvalue weighted by molar-refractivity contribution is 7.89. The Morgan fingerprint density at radius 3 is 2.55 bits per heavy atom. The van der Waals surface area contributed by atoms with Crippen molar-refractivity contribution in [1.82, 2.24) is 4.72 Å². The maximum atomic E-state index is 13.0. The molecule has 1 heterocycles. The Labute approximate surface area is 114 Å². The first kappa shape index (κ1) is 14.9. The van der Waals surface area contributed by atoms with E-state index in [0.717, 1.165) is 0 Å². The standard InChI is InChI=1S/C11H14F2N2O4S/c1-7-2-8-9(19-6-18-8)3-10(7)20(16,17)15-5-11(12,13)4-14/h2-3,15H,4-6,14H2,1H3. The second kappa shape index (κ2) is 5.15. The maximum absolute atomic E-state index is 13.0. The van der Waals surface area contributed by atoms with Crippen molar-refractivity contribution in [2.75, 3.05) is 19.9 Å². The molecule has 1 aromatic carbocycles. The van der Waals surface area contributed by atoms with Gasteiger partial charge in [-0.05, 0) is 18.6 Å². The lowest BCUT2D eigenvalue weighted by atomic mass is 10.2. The Bertz CT molecular complexity index is 619. The molecular formula is C11H14F2N2O4S. The van der Waals surface area contributed by atoms with Gasteiger partial charge in [-0.3, -0.25) is 0 Å². The normalized spacial score (nSPS) is 14.6.